The molecule has 4 rings (SSSR count). The molecule has 2 aromatic rings. The van der Waals surface area contributed by atoms with Crippen molar-refractivity contribution in [3.8, 4) is 24.0 Å². The monoisotopic (exact) mass is 409 g/mol. The van der Waals surface area contributed by atoms with E-state index in [1.165, 1.54) is 0 Å². The highest BCUT2D eigenvalue weighted by molar-refractivity contribution is 6.02. The zero-order valence-electron chi connectivity index (χ0n) is 17.6. The fraction of sp³-hybridized carbons (Fsp3) is 0.360. The summed E-state index contributed by atoms with van der Waals surface area (Å²) in [6.07, 6.45) is 2.02. The van der Waals surface area contributed by atoms with E-state index in [4.69, 9.17) is 10.1 Å². The summed E-state index contributed by atoms with van der Waals surface area (Å²) in [4.78, 5) is 2.24. The number of methoxy groups -OCH3 is 1. The van der Waals surface area contributed by atoms with Gasteiger partial charge in [-0.3, -0.25) is 4.90 Å². The summed E-state index contributed by atoms with van der Waals surface area (Å²) in [6.45, 7) is 4.20. The number of nitrogens with zero attached hydrogens (tertiary/aromatic N) is 4. The molecule has 6 heteroatoms. The van der Waals surface area contributed by atoms with Crippen LogP contribution >= 0.6 is 0 Å². The van der Waals surface area contributed by atoms with Gasteiger partial charge in [-0.25, -0.2) is 0 Å². The van der Waals surface area contributed by atoms with Crippen molar-refractivity contribution in [2.24, 2.45) is 17.3 Å². The summed E-state index contributed by atoms with van der Waals surface area (Å²) < 4.78 is 5.72. The summed E-state index contributed by atoms with van der Waals surface area (Å²) in [5.41, 5.74) is -0.277. The van der Waals surface area contributed by atoms with Gasteiger partial charge in [-0.15, -0.1) is 0 Å². The number of nitrogens with one attached hydrogen (secondary N) is 1. The van der Waals surface area contributed by atoms with E-state index in [1.807, 2.05) is 42.5 Å². The average Bonchev–Trinajstić information content (AvgIpc) is 2.82. The van der Waals surface area contributed by atoms with Crippen LogP contribution in [-0.2, 0) is 0 Å². The first kappa shape index (κ1) is 20.6. The molecule has 0 spiro atoms. The average molecular weight is 409 g/mol. The van der Waals surface area contributed by atoms with Crippen molar-refractivity contribution in [3.63, 3.8) is 0 Å². The summed E-state index contributed by atoms with van der Waals surface area (Å²) in [7, 11) is 1.58. The van der Waals surface area contributed by atoms with Crippen molar-refractivity contribution in [2.75, 3.05) is 26.7 Å². The summed E-state index contributed by atoms with van der Waals surface area (Å²) in [5.74, 6) is -1.14. The molecule has 1 aliphatic heterocycles. The first-order valence-corrected chi connectivity index (χ1v) is 10.3. The molecule has 0 aromatic heterocycles. The minimum absolute atomic E-state index is 0.132. The van der Waals surface area contributed by atoms with Crippen molar-refractivity contribution in [2.45, 2.75) is 12.8 Å². The Morgan fingerprint density at radius 1 is 1.16 bits per heavy atom. The van der Waals surface area contributed by atoms with Crippen molar-refractivity contribution < 1.29 is 4.74 Å². The van der Waals surface area contributed by atoms with Crippen LogP contribution in [0.3, 0.4) is 0 Å². The van der Waals surface area contributed by atoms with Gasteiger partial charge >= 0.3 is 0 Å². The van der Waals surface area contributed by atoms with Gasteiger partial charge in [0.2, 0.25) is 0 Å². The van der Waals surface area contributed by atoms with Crippen LogP contribution in [0.5, 0.6) is 5.75 Å². The predicted octanol–water partition coefficient (Wildman–Crippen LogP) is 4.02. The molecule has 1 aliphatic carbocycles. The summed E-state index contributed by atoms with van der Waals surface area (Å²) in [5, 5.41) is 41.2. The van der Waals surface area contributed by atoms with Gasteiger partial charge in [-0.2, -0.15) is 15.8 Å². The standard InChI is InChI=1S/C25H23N5O/c1-3-30-11-10-18-19(12-26)24(29)25(14-27,15-28)23(20(18)13-30)22-17-7-5-4-6-16(17)8-9-21(22)31-2/h4-10,19-20,23,29H,3,11,13H2,1-2H3/t19?,20-,23-/m1/s1. The first-order valence-electron chi connectivity index (χ1n) is 10.3. The van der Waals surface area contributed by atoms with Crippen molar-refractivity contribution in [1.82, 2.24) is 4.90 Å². The lowest BCUT2D eigenvalue weighted by Gasteiger charge is -2.48. The molecule has 1 unspecified atom stereocenters. The van der Waals surface area contributed by atoms with Crippen LogP contribution < -0.4 is 4.74 Å². The fourth-order valence-electron chi connectivity index (χ4n) is 5.21. The molecular weight excluding hydrogens is 386 g/mol. The van der Waals surface area contributed by atoms with Gasteiger partial charge in [0.25, 0.3) is 0 Å². The minimum atomic E-state index is -1.75. The van der Waals surface area contributed by atoms with Crippen LogP contribution in [0.15, 0.2) is 48.0 Å². The molecule has 0 saturated heterocycles. The van der Waals surface area contributed by atoms with E-state index in [0.717, 1.165) is 28.5 Å². The lowest BCUT2D eigenvalue weighted by molar-refractivity contribution is 0.210. The van der Waals surface area contributed by atoms with Crippen LogP contribution in [-0.4, -0.2) is 37.4 Å². The van der Waals surface area contributed by atoms with Crippen LogP contribution in [0.4, 0.5) is 0 Å². The number of nitriles is 3. The normalized spacial score (nSPS) is 24.9. The SMILES string of the molecule is CCN1CC=C2C(C#N)C(=N)C(C#N)(C#N)[C@@H](c3c(OC)ccc4ccccc34)[C@@H]2C1. The molecule has 0 radical (unpaired) electrons. The Morgan fingerprint density at radius 2 is 1.90 bits per heavy atom. The van der Waals surface area contributed by atoms with Gasteiger partial charge in [0.1, 0.15) is 11.7 Å². The second-order valence-corrected chi connectivity index (χ2v) is 8.05. The quantitative estimate of drug-likeness (QED) is 0.771. The maximum Gasteiger partial charge on any atom is 0.189 e. The maximum absolute atomic E-state index is 10.3. The van der Waals surface area contributed by atoms with E-state index >= 15 is 0 Å². The Balaban J connectivity index is 2.09. The predicted molar refractivity (Wildman–Crippen MR) is 117 cm³/mol. The Kier molecular flexibility index (Phi) is 5.24. The number of ether oxygens (including phenoxy) is 1. The fourth-order valence-corrected chi connectivity index (χ4v) is 5.21. The van der Waals surface area contributed by atoms with Gasteiger partial charge in [0.05, 0.1) is 31.0 Å². The molecule has 0 bridgehead atoms. The van der Waals surface area contributed by atoms with Crippen LogP contribution in [0.1, 0.15) is 18.4 Å². The summed E-state index contributed by atoms with van der Waals surface area (Å²) in [6, 6.07) is 18.2. The van der Waals surface area contributed by atoms with E-state index in [2.05, 4.69) is 30.0 Å². The number of likely N-dealkylation sites (N-methyl/N-ethyl adjacent to an activating group) is 1. The highest BCUT2D eigenvalue weighted by atomic mass is 16.5. The molecular formula is C25H23N5O. The van der Waals surface area contributed by atoms with E-state index in [0.29, 0.717) is 18.8 Å². The molecule has 1 heterocycles. The van der Waals surface area contributed by atoms with Crippen LogP contribution in [0.25, 0.3) is 10.8 Å². The third kappa shape index (κ3) is 2.90. The number of fused-ring (bicyclic) bond motifs is 2. The van der Waals surface area contributed by atoms with Gasteiger partial charge in [0, 0.05) is 30.5 Å². The maximum atomic E-state index is 10.3. The van der Waals surface area contributed by atoms with Crippen LogP contribution in [0, 0.1) is 56.7 Å². The molecule has 2 aromatic carbocycles. The Morgan fingerprint density at radius 3 is 2.55 bits per heavy atom. The van der Waals surface area contributed by atoms with E-state index < -0.39 is 17.3 Å². The molecule has 1 fully saturated rings. The number of rotatable bonds is 3. The third-order valence-electron chi connectivity index (χ3n) is 6.77. The lowest BCUT2D eigenvalue weighted by atomic mass is 9.54. The van der Waals surface area contributed by atoms with Gasteiger partial charge in [-0.05, 0) is 29.0 Å². The minimum Gasteiger partial charge on any atom is -0.496 e. The smallest absolute Gasteiger partial charge is 0.189 e. The third-order valence-corrected chi connectivity index (χ3v) is 6.77. The zero-order chi connectivity index (χ0) is 22.2. The first-order chi connectivity index (χ1) is 15.1. The second kappa shape index (κ2) is 7.88. The van der Waals surface area contributed by atoms with Gasteiger partial charge < -0.3 is 10.1 Å². The topological polar surface area (TPSA) is 108 Å². The highest BCUT2D eigenvalue weighted by Gasteiger charge is 2.58. The number of hydrogen-bond donors (Lipinski definition) is 1. The molecule has 3 atom stereocenters. The zero-order valence-corrected chi connectivity index (χ0v) is 17.6. The Labute approximate surface area is 182 Å². The van der Waals surface area contributed by atoms with E-state index in [1.54, 1.807) is 7.11 Å². The van der Waals surface area contributed by atoms with Crippen LogP contribution in [0.2, 0.25) is 0 Å². The number of hydrogen-bond acceptors (Lipinski definition) is 6. The summed E-state index contributed by atoms with van der Waals surface area (Å²) >= 11 is 0. The van der Waals surface area contributed by atoms with E-state index in [-0.39, 0.29) is 11.6 Å². The highest BCUT2D eigenvalue weighted by Crippen LogP contribution is 2.56. The molecule has 154 valence electrons. The second-order valence-electron chi connectivity index (χ2n) is 8.05. The van der Waals surface area contributed by atoms with E-state index in [9.17, 15) is 15.8 Å². The molecule has 2 aliphatic rings. The largest absolute Gasteiger partial charge is 0.496 e. The van der Waals surface area contributed by atoms with Gasteiger partial charge in [-0.1, -0.05) is 43.3 Å². The van der Waals surface area contributed by atoms with Crippen molar-refractivity contribution in [1.29, 1.82) is 21.2 Å². The lowest BCUT2D eigenvalue weighted by Crippen LogP contribution is -2.53. The van der Waals surface area contributed by atoms with Gasteiger partial charge in [0.15, 0.2) is 5.41 Å². The molecule has 31 heavy (non-hydrogen) atoms. The Bertz CT molecular complexity index is 1200. The molecule has 0 amide bonds. The molecule has 6 nitrogen and oxygen atoms in total. The number of benzene rings is 2. The van der Waals surface area contributed by atoms with Crippen molar-refractivity contribution in [3.05, 3.63) is 53.6 Å². The molecule has 1 N–H and O–H groups in total. The Hall–Kier alpha value is -3.66. The van der Waals surface area contributed by atoms with Crippen molar-refractivity contribution >= 4 is 16.5 Å². The molecule has 1 saturated carbocycles.